The summed E-state index contributed by atoms with van der Waals surface area (Å²) < 4.78 is 10.5. The van der Waals surface area contributed by atoms with Gasteiger partial charge in [-0.15, -0.1) is 5.10 Å². The van der Waals surface area contributed by atoms with Crippen molar-refractivity contribution in [2.24, 2.45) is 0 Å². The standard InChI is InChI=1S/C25H21BrN8O3/c1-3-19-29-24-22(25(36)27-11-20(35)32(24)2)33(19)12-14-8-9-18-16(10-14)21(26)23(37-18)15-6-4-5-7-17(15)34-13-28-30-31-34/h4-10,13H,3,11-12H2,1-2H3,(H,27,36). The number of imidazole rings is 1. The number of likely N-dealkylation sites (N-methyl/N-ethyl adjacent to an activating group) is 1. The Morgan fingerprint density at radius 3 is 2.78 bits per heavy atom. The summed E-state index contributed by atoms with van der Waals surface area (Å²) in [6, 6.07) is 13.6. The third kappa shape index (κ3) is 3.80. The summed E-state index contributed by atoms with van der Waals surface area (Å²) in [5.74, 6) is 1.24. The summed E-state index contributed by atoms with van der Waals surface area (Å²) >= 11 is 3.74. The maximum absolute atomic E-state index is 12.9. The topological polar surface area (TPSA) is 124 Å². The molecule has 11 nitrogen and oxygen atoms in total. The van der Waals surface area contributed by atoms with Gasteiger partial charge in [0.25, 0.3) is 5.91 Å². The van der Waals surface area contributed by atoms with Gasteiger partial charge in [0.2, 0.25) is 5.91 Å². The van der Waals surface area contributed by atoms with Crippen molar-refractivity contribution in [3.63, 3.8) is 0 Å². The molecule has 3 aromatic heterocycles. The molecule has 0 unspecified atom stereocenters. The van der Waals surface area contributed by atoms with E-state index in [-0.39, 0.29) is 18.4 Å². The summed E-state index contributed by atoms with van der Waals surface area (Å²) in [5.41, 5.74) is 3.66. The zero-order valence-corrected chi connectivity index (χ0v) is 21.6. The van der Waals surface area contributed by atoms with E-state index < -0.39 is 0 Å². The largest absolute Gasteiger partial charge is 0.455 e. The molecule has 5 aromatic rings. The molecule has 0 saturated carbocycles. The van der Waals surface area contributed by atoms with Crippen LogP contribution in [0.4, 0.5) is 5.82 Å². The number of furan rings is 1. The van der Waals surface area contributed by atoms with Gasteiger partial charge in [-0.3, -0.25) is 14.5 Å². The van der Waals surface area contributed by atoms with E-state index in [1.807, 2.05) is 54.0 Å². The second-order valence-electron chi connectivity index (χ2n) is 8.62. The Balaban J connectivity index is 1.43. The highest BCUT2D eigenvalue weighted by Crippen LogP contribution is 2.40. The number of hydrogen-bond donors (Lipinski definition) is 1. The fourth-order valence-corrected chi connectivity index (χ4v) is 5.17. The molecule has 2 aromatic carbocycles. The highest BCUT2D eigenvalue weighted by Gasteiger charge is 2.31. The van der Waals surface area contributed by atoms with Gasteiger partial charge in [-0.1, -0.05) is 25.1 Å². The number of halogens is 1. The van der Waals surface area contributed by atoms with Gasteiger partial charge in [-0.05, 0) is 56.2 Å². The Kier molecular flexibility index (Phi) is 5.60. The maximum atomic E-state index is 12.9. The molecule has 4 heterocycles. The minimum atomic E-state index is -0.313. The Hall–Kier alpha value is -4.32. The lowest BCUT2D eigenvalue weighted by Crippen LogP contribution is -2.34. The van der Waals surface area contributed by atoms with Crippen LogP contribution in [-0.4, -0.2) is 55.2 Å². The summed E-state index contributed by atoms with van der Waals surface area (Å²) in [4.78, 5) is 31.3. The second-order valence-corrected chi connectivity index (χ2v) is 9.42. The fraction of sp³-hybridized carbons (Fsp3) is 0.200. The van der Waals surface area contributed by atoms with Crippen molar-refractivity contribution in [3.05, 3.63) is 70.3 Å². The zero-order chi connectivity index (χ0) is 25.7. The molecule has 0 fully saturated rings. The number of carbonyl (C=O) groups is 2. The molecule has 1 aliphatic rings. The van der Waals surface area contributed by atoms with E-state index in [0.717, 1.165) is 32.5 Å². The van der Waals surface area contributed by atoms with E-state index in [1.165, 1.54) is 11.2 Å². The lowest BCUT2D eigenvalue weighted by Gasteiger charge is -2.12. The van der Waals surface area contributed by atoms with Crippen molar-refractivity contribution >= 4 is 44.5 Å². The Bertz CT molecular complexity index is 1670. The van der Waals surface area contributed by atoms with Gasteiger partial charge in [0, 0.05) is 31.0 Å². The van der Waals surface area contributed by atoms with Crippen molar-refractivity contribution in [2.75, 3.05) is 18.5 Å². The highest BCUT2D eigenvalue weighted by molar-refractivity contribution is 9.10. The van der Waals surface area contributed by atoms with E-state index in [2.05, 4.69) is 41.8 Å². The molecule has 6 rings (SSSR count). The number of nitrogens with zero attached hydrogens (tertiary/aromatic N) is 7. The number of anilines is 1. The predicted octanol–water partition coefficient (Wildman–Crippen LogP) is 3.35. The van der Waals surface area contributed by atoms with Crippen LogP contribution in [0.25, 0.3) is 28.0 Å². The molecule has 186 valence electrons. The first-order valence-corrected chi connectivity index (χ1v) is 12.4. The monoisotopic (exact) mass is 560 g/mol. The first-order chi connectivity index (χ1) is 18.0. The normalized spacial score (nSPS) is 13.6. The van der Waals surface area contributed by atoms with Crippen LogP contribution in [0, 0.1) is 0 Å². The van der Waals surface area contributed by atoms with Crippen LogP contribution >= 0.6 is 15.9 Å². The van der Waals surface area contributed by atoms with Crippen molar-refractivity contribution in [1.29, 1.82) is 0 Å². The van der Waals surface area contributed by atoms with Gasteiger partial charge in [0.15, 0.2) is 17.3 Å². The molecular weight excluding hydrogens is 540 g/mol. The minimum absolute atomic E-state index is 0.0595. The molecule has 37 heavy (non-hydrogen) atoms. The number of carbonyl (C=O) groups excluding carboxylic acids is 2. The number of tetrazole rings is 1. The minimum Gasteiger partial charge on any atom is -0.455 e. The van der Waals surface area contributed by atoms with Gasteiger partial charge in [-0.2, -0.15) is 4.68 Å². The highest BCUT2D eigenvalue weighted by atomic mass is 79.9. The lowest BCUT2D eigenvalue weighted by atomic mass is 10.1. The van der Waals surface area contributed by atoms with Crippen LogP contribution in [0.1, 0.15) is 28.8 Å². The molecule has 2 amide bonds. The van der Waals surface area contributed by atoms with E-state index in [1.54, 1.807) is 11.7 Å². The van der Waals surface area contributed by atoms with E-state index in [0.29, 0.717) is 35.8 Å². The molecule has 0 atom stereocenters. The van der Waals surface area contributed by atoms with Crippen LogP contribution in [0.15, 0.2) is 57.7 Å². The number of rotatable bonds is 5. The summed E-state index contributed by atoms with van der Waals surface area (Å²) in [5, 5.41) is 15.1. The lowest BCUT2D eigenvalue weighted by molar-refractivity contribution is -0.117. The average molecular weight is 561 g/mol. The molecular formula is C25H21BrN8O3. The predicted molar refractivity (Wildman–Crippen MR) is 139 cm³/mol. The second kappa shape index (κ2) is 8.96. The number of para-hydroxylation sites is 1. The number of nitrogens with one attached hydrogen (secondary N) is 1. The van der Waals surface area contributed by atoms with Crippen LogP contribution in [0.3, 0.4) is 0 Å². The molecule has 0 spiro atoms. The summed E-state index contributed by atoms with van der Waals surface area (Å²) in [6.45, 7) is 2.32. The van der Waals surface area contributed by atoms with Crippen LogP contribution in [0.2, 0.25) is 0 Å². The van der Waals surface area contributed by atoms with Crippen molar-refractivity contribution in [1.82, 2.24) is 35.1 Å². The van der Waals surface area contributed by atoms with E-state index in [4.69, 9.17) is 4.42 Å². The van der Waals surface area contributed by atoms with Gasteiger partial charge < -0.3 is 14.3 Å². The molecule has 0 radical (unpaired) electrons. The van der Waals surface area contributed by atoms with Crippen LogP contribution in [0.5, 0.6) is 0 Å². The van der Waals surface area contributed by atoms with Gasteiger partial charge in [-0.25, -0.2) is 4.98 Å². The third-order valence-electron chi connectivity index (χ3n) is 6.43. The average Bonchev–Trinajstić information content (AvgIpc) is 3.63. The first kappa shape index (κ1) is 23.1. The van der Waals surface area contributed by atoms with Crippen LogP contribution < -0.4 is 10.2 Å². The number of aromatic nitrogens is 6. The fourth-order valence-electron chi connectivity index (χ4n) is 4.57. The number of fused-ring (bicyclic) bond motifs is 2. The number of amides is 2. The Morgan fingerprint density at radius 1 is 1.16 bits per heavy atom. The summed E-state index contributed by atoms with van der Waals surface area (Å²) in [7, 11) is 1.64. The van der Waals surface area contributed by atoms with E-state index in [9.17, 15) is 9.59 Å². The van der Waals surface area contributed by atoms with Crippen molar-refractivity contribution in [2.45, 2.75) is 19.9 Å². The molecule has 0 bridgehead atoms. The van der Waals surface area contributed by atoms with Crippen molar-refractivity contribution < 1.29 is 14.0 Å². The Labute approximate surface area is 219 Å². The summed E-state index contributed by atoms with van der Waals surface area (Å²) in [6.07, 6.45) is 2.14. The van der Waals surface area contributed by atoms with Gasteiger partial charge >= 0.3 is 0 Å². The third-order valence-corrected chi connectivity index (χ3v) is 7.22. The quantitative estimate of drug-likeness (QED) is 0.349. The van der Waals surface area contributed by atoms with Gasteiger partial charge in [0.05, 0.1) is 16.7 Å². The molecule has 1 aliphatic heterocycles. The first-order valence-electron chi connectivity index (χ1n) is 11.6. The maximum Gasteiger partial charge on any atom is 0.272 e. The molecule has 12 heteroatoms. The molecule has 1 N–H and O–H groups in total. The number of aryl methyl sites for hydroxylation is 1. The van der Waals surface area contributed by atoms with Crippen LogP contribution in [-0.2, 0) is 17.8 Å². The smallest absolute Gasteiger partial charge is 0.272 e. The molecule has 0 saturated heterocycles. The molecule has 0 aliphatic carbocycles. The SMILES string of the molecule is CCc1nc2c(n1Cc1ccc3oc(-c4ccccc4-n4cnnn4)c(Br)c3c1)C(=O)NCC(=O)N2C. The van der Waals surface area contributed by atoms with Crippen molar-refractivity contribution in [3.8, 4) is 17.0 Å². The number of benzene rings is 2. The number of hydrogen-bond acceptors (Lipinski definition) is 7. The van der Waals surface area contributed by atoms with E-state index >= 15 is 0 Å². The van der Waals surface area contributed by atoms with Gasteiger partial charge in [0.1, 0.15) is 17.7 Å². The zero-order valence-electron chi connectivity index (χ0n) is 20.0. The Morgan fingerprint density at radius 2 is 2.00 bits per heavy atom.